The molecule has 3 heterocycles. The molecule has 0 radical (unpaired) electrons. The Bertz CT molecular complexity index is 1140. The predicted molar refractivity (Wildman–Crippen MR) is 112 cm³/mol. The van der Waals surface area contributed by atoms with Gasteiger partial charge in [-0.15, -0.1) is 0 Å². The quantitative estimate of drug-likeness (QED) is 0.586. The Labute approximate surface area is 178 Å². The Morgan fingerprint density at radius 1 is 1.10 bits per heavy atom. The van der Waals surface area contributed by atoms with Crippen molar-refractivity contribution in [3.63, 3.8) is 0 Å². The number of anilines is 1. The molecule has 0 saturated carbocycles. The fourth-order valence-corrected chi connectivity index (χ4v) is 3.82. The Balaban J connectivity index is 1.36. The van der Waals surface area contributed by atoms with Gasteiger partial charge >= 0.3 is 5.91 Å². The number of ether oxygens (including phenoxy) is 2. The summed E-state index contributed by atoms with van der Waals surface area (Å²) in [5.74, 6) is -0.0118. The number of ketones is 1. The Kier molecular flexibility index (Phi) is 4.67. The minimum Gasteiger partial charge on any atom is -0.486 e. The molecule has 9 nitrogen and oxygen atoms in total. The van der Waals surface area contributed by atoms with Gasteiger partial charge in [0.25, 0.3) is 5.78 Å². The van der Waals surface area contributed by atoms with Crippen molar-refractivity contribution in [1.29, 1.82) is 0 Å². The van der Waals surface area contributed by atoms with E-state index in [0.717, 1.165) is 11.3 Å². The van der Waals surface area contributed by atoms with Crippen molar-refractivity contribution in [2.75, 3.05) is 31.8 Å². The van der Waals surface area contributed by atoms with Gasteiger partial charge in [0.2, 0.25) is 0 Å². The van der Waals surface area contributed by atoms with E-state index in [4.69, 9.17) is 9.47 Å². The fourth-order valence-electron chi connectivity index (χ4n) is 3.82. The number of carbonyl (C=O) groups excluding carboxylic acids is 2. The first kappa shape index (κ1) is 19.3. The summed E-state index contributed by atoms with van der Waals surface area (Å²) < 4.78 is 12.9. The van der Waals surface area contributed by atoms with E-state index in [1.54, 1.807) is 23.1 Å². The lowest BCUT2D eigenvalue weighted by Gasteiger charge is -2.30. The van der Waals surface area contributed by atoms with Gasteiger partial charge in [-0.25, -0.2) is 9.67 Å². The van der Waals surface area contributed by atoms with E-state index in [1.165, 1.54) is 11.2 Å². The SMILES string of the molecule is C[C@@H](c1ccc(-n2cncn2)cc1)N(C)CN1C(=O)C(=O)c2cc3c(cc21)OCCO3. The number of hydrogen-bond acceptors (Lipinski definition) is 7. The third-order valence-corrected chi connectivity index (χ3v) is 5.72. The van der Waals surface area contributed by atoms with Gasteiger partial charge in [-0.1, -0.05) is 12.1 Å². The summed E-state index contributed by atoms with van der Waals surface area (Å²) in [6.45, 7) is 3.18. The molecular weight excluding hydrogens is 398 g/mol. The smallest absolute Gasteiger partial charge is 0.300 e. The van der Waals surface area contributed by atoms with E-state index in [1.807, 2.05) is 36.2 Å². The van der Waals surface area contributed by atoms with E-state index >= 15 is 0 Å². The van der Waals surface area contributed by atoms with Crippen LogP contribution in [0.4, 0.5) is 5.69 Å². The highest BCUT2D eigenvalue weighted by atomic mass is 16.6. The Hall–Kier alpha value is -3.72. The molecule has 3 aromatic rings. The lowest BCUT2D eigenvalue weighted by molar-refractivity contribution is -0.114. The first-order chi connectivity index (χ1) is 15.0. The Morgan fingerprint density at radius 3 is 2.48 bits per heavy atom. The number of amides is 1. The van der Waals surface area contributed by atoms with Crippen LogP contribution >= 0.6 is 0 Å². The zero-order valence-electron chi connectivity index (χ0n) is 17.2. The maximum Gasteiger partial charge on any atom is 0.300 e. The van der Waals surface area contributed by atoms with E-state index in [2.05, 4.69) is 17.0 Å². The summed E-state index contributed by atoms with van der Waals surface area (Å²) in [4.78, 5) is 32.7. The summed E-state index contributed by atoms with van der Waals surface area (Å²) in [7, 11) is 1.92. The fraction of sp³-hybridized carbons (Fsp3) is 0.273. The van der Waals surface area contributed by atoms with Gasteiger partial charge < -0.3 is 9.47 Å². The van der Waals surface area contributed by atoms with Crippen LogP contribution in [0.2, 0.25) is 0 Å². The number of benzene rings is 2. The van der Waals surface area contributed by atoms with Gasteiger partial charge in [0, 0.05) is 12.1 Å². The van der Waals surface area contributed by atoms with Crippen LogP contribution in [0.5, 0.6) is 11.5 Å². The van der Waals surface area contributed by atoms with E-state index < -0.39 is 11.7 Å². The lowest BCUT2D eigenvalue weighted by atomic mass is 10.1. The lowest BCUT2D eigenvalue weighted by Crippen LogP contribution is -2.40. The maximum atomic E-state index is 12.7. The molecule has 0 unspecified atom stereocenters. The minimum atomic E-state index is -0.544. The summed E-state index contributed by atoms with van der Waals surface area (Å²) in [5.41, 5.74) is 2.90. The van der Waals surface area contributed by atoms with E-state index in [-0.39, 0.29) is 12.7 Å². The largest absolute Gasteiger partial charge is 0.486 e. The molecule has 158 valence electrons. The molecule has 1 aromatic heterocycles. The normalized spacial score (nSPS) is 16.0. The van der Waals surface area contributed by atoms with Crippen molar-refractivity contribution in [3.8, 4) is 17.2 Å². The average Bonchev–Trinajstić information content (AvgIpc) is 3.41. The molecule has 0 saturated heterocycles. The third kappa shape index (κ3) is 3.32. The van der Waals surface area contributed by atoms with Crippen molar-refractivity contribution >= 4 is 17.4 Å². The van der Waals surface area contributed by atoms with Crippen LogP contribution in [0, 0.1) is 0 Å². The molecule has 9 heteroatoms. The number of hydrogen-bond donors (Lipinski definition) is 0. The highest BCUT2D eigenvalue weighted by Crippen LogP contribution is 2.40. The molecule has 2 aliphatic heterocycles. The van der Waals surface area contributed by atoms with Crippen LogP contribution in [0.3, 0.4) is 0 Å². The number of fused-ring (bicyclic) bond motifs is 2. The molecule has 0 fully saturated rings. The standard InChI is InChI=1S/C22H21N5O4/c1-14(15-3-5-16(6-4-15)27-12-23-11-24-27)25(2)13-26-18-10-20-19(30-7-8-31-20)9-17(18)21(28)22(26)29/h3-6,9-12,14H,7-8,13H2,1-2H3/t14-/m0/s1. The monoisotopic (exact) mass is 419 g/mol. The van der Waals surface area contributed by atoms with Crippen LogP contribution < -0.4 is 14.4 Å². The predicted octanol–water partition coefficient (Wildman–Crippen LogP) is 2.22. The summed E-state index contributed by atoms with van der Waals surface area (Å²) in [5, 5.41) is 4.13. The average molecular weight is 419 g/mol. The van der Waals surface area contributed by atoms with Gasteiger partial charge in [-0.05, 0) is 37.7 Å². The molecule has 0 bridgehead atoms. The number of Topliss-reactive ketones (excluding diaryl/α,β-unsaturated/α-hetero) is 1. The molecule has 0 aliphatic carbocycles. The second kappa shape index (κ2) is 7.51. The van der Waals surface area contributed by atoms with Gasteiger partial charge in [0.15, 0.2) is 11.5 Å². The third-order valence-electron chi connectivity index (χ3n) is 5.72. The van der Waals surface area contributed by atoms with Crippen LogP contribution in [0.15, 0.2) is 49.1 Å². The van der Waals surface area contributed by atoms with Crippen LogP contribution in [-0.4, -0.2) is 58.3 Å². The molecule has 1 atom stereocenters. The Morgan fingerprint density at radius 2 is 1.81 bits per heavy atom. The van der Waals surface area contributed by atoms with Crippen molar-refractivity contribution in [3.05, 3.63) is 60.2 Å². The molecular formula is C22H21N5O4. The second-order valence-corrected chi connectivity index (χ2v) is 7.58. The van der Waals surface area contributed by atoms with Gasteiger partial charge in [0.1, 0.15) is 25.9 Å². The molecule has 0 spiro atoms. The highest BCUT2D eigenvalue weighted by Gasteiger charge is 2.38. The molecule has 0 N–H and O–H groups in total. The van der Waals surface area contributed by atoms with Crippen molar-refractivity contribution in [2.24, 2.45) is 0 Å². The van der Waals surface area contributed by atoms with Gasteiger partial charge in [-0.2, -0.15) is 5.10 Å². The summed E-state index contributed by atoms with van der Waals surface area (Å²) >= 11 is 0. The second-order valence-electron chi connectivity index (χ2n) is 7.58. The van der Waals surface area contributed by atoms with Gasteiger partial charge in [-0.3, -0.25) is 19.4 Å². The number of rotatable bonds is 5. The van der Waals surface area contributed by atoms with Gasteiger partial charge in [0.05, 0.1) is 23.6 Å². The first-order valence-electron chi connectivity index (χ1n) is 9.98. The maximum absolute atomic E-state index is 12.7. The summed E-state index contributed by atoms with van der Waals surface area (Å²) in [6, 6.07) is 11.3. The van der Waals surface area contributed by atoms with Crippen LogP contribution in [-0.2, 0) is 4.79 Å². The molecule has 2 aromatic carbocycles. The molecule has 1 amide bonds. The van der Waals surface area contributed by atoms with Crippen LogP contribution in [0.1, 0.15) is 28.9 Å². The summed E-state index contributed by atoms with van der Waals surface area (Å²) in [6.07, 6.45) is 3.14. The highest BCUT2D eigenvalue weighted by molar-refractivity contribution is 6.52. The molecule has 31 heavy (non-hydrogen) atoms. The number of carbonyl (C=O) groups is 2. The van der Waals surface area contributed by atoms with Crippen molar-refractivity contribution in [2.45, 2.75) is 13.0 Å². The topological polar surface area (TPSA) is 89.8 Å². The van der Waals surface area contributed by atoms with Crippen molar-refractivity contribution in [1.82, 2.24) is 19.7 Å². The van der Waals surface area contributed by atoms with E-state index in [0.29, 0.717) is 36.0 Å². The number of nitrogens with zero attached hydrogens (tertiary/aromatic N) is 5. The number of aromatic nitrogens is 3. The van der Waals surface area contributed by atoms with E-state index in [9.17, 15) is 9.59 Å². The first-order valence-corrected chi connectivity index (χ1v) is 9.98. The molecule has 5 rings (SSSR count). The zero-order valence-corrected chi connectivity index (χ0v) is 17.2. The van der Waals surface area contributed by atoms with Crippen molar-refractivity contribution < 1.29 is 19.1 Å². The molecule has 2 aliphatic rings. The zero-order chi connectivity index (χ0) is 21.5. The van der Waals surface area contributed by atoms with Crippen LogP contribution in [0.25, 0.3) is 5.69 Å². The minimum absolute atomic E-state index is 0.00830.